The summed E-state index contributed by atoms with van der Waals surface area (Å²) < 4.78 is 32.9. The fraction of sp³-hybridized carbons (Fsp3) is 0. The maximum atomic E-state index is 11.7. The van der Waals surface area contributed by atoms with Gasteiger partial charge in [-0.1, -0.05) is 53.5 Å². The molecule has 6 nitrogen and oxygen atoms in total. The highest BCUT2D eigenvalue weighted by Crippen LogP contribution is 2.38. The third kappa shape index (κ3) is 3.45. The molecule has 0 amide bonds. The molecule has 0 spiro atoms. The van der Waals surface area contributed by atoms with Gasteiger partial charge in [0.2, 0.25) is 0 Å². The lowest BCUT2D eigenvalue weighted by atomic mass is 10.1. The van der Waals surface area contributed by atoms with Crippen LogP contribution >= 0.6 is 23.2 Å². The number of rotatable bonds is 3. The van der Waals surface area contributed by atoms with Crippen molar-refractivity contribution in [3.05, 3.63) is 58.6 Å². The first-order chi connectivity index (χ1) is 11.8. The Hall–Kier alpha value is -2.19. The summed E-state index contributed by atoms with van der Waals surface area (Å²) in [6, 6.07) is 12.5. The first-order valence-corrected chi connectivity index (χ1v) is 9.13. The van der Waals surface area contributed by atoms with Gasteiger partial charge < -0.3 is 5.73 Å². The topological polar surface area (TPSA) is 105 Å². The fourth-order valence-corrected chi connectivity index (χ4v) is 3.52. The van der Waals surface area contributed by atoms with Gasteiger partial charge in [-0.15, -0.1) is 10.2 Å². The van der Waals surface area contributed by atoms with Gasteiger partial charge in [-0.2, -0.15) is 8.42 Å². The summed E-state index contributed by atoms with van der Waals surface area (Å²) in [5.74, 6) is 0. The Bertz CT molecular complexity index is 1090. The number of anilines is 1. The molecule has 0 aliphatic rings. The Kier molecular flexibility index (Phi) is 4.66. The lowest BCUT2D eigenvalue weighted by Gasteiger charge is -2.09. The van der Waals surface area contributed by atoms with Crippen LogP contribution in [-0.4, -0.2) is 13.0 Å². The van der Waals surface area contributed by atoms with E-state index in [1.165, 1.54) is 0 Å². The van der Waals surface area contributed by atoms with Gasteiger partial charge in [-0.25, -0.2) is 0 Å². The monoisotopic (exact) mass is 395 g/mol. The summed E-state index contributed by atoms with van der Waals surface area (Å²) in [5, 5.41) is 9.23. The van der Waals surface area contributed by atoms with E-state index < -0.39 is 10.1 Å². The van der Waals surface area contributed by atoms with Gasteiger partial charge >= 0.3 is 0 Å². The van der Waals surface area contributed by atoms with Crippen molar-refractivity contribution in [1.29, 1.82) is 0 Å². The second-order valence-electron chi connectivity index (χ2n) is 5.10. The SMILES string of the molecule is Nc1c(N=Nc2c(Cl)cccc2Cl)cc(S(=O)(=O)O)c2ccccc12. The molecule has 0 aromatic heterocycles. The molecule has 128 valence electrons. The maximum absolute atomic E-state index is 11.7. The molecule has 25 heavy (non-hydrogen) atoms. The highest BCUT2D eigenvalue weighted by Gasteiger charge is 2.18. The predicted molar refractivity (Wildman–Crippen MR) is 98.8 cm³/mol. The summed E-state index contributed by atoms with van der Waals surface area (Å²) in [4.78, 5) is -0.309. The molecular formula is C16H11Cl2N3O3S. The summed E-state index contributed by atoms with van der Waals surface area (Å²) in [5.41, 5.74) is 6.59. The van der Waals surface area contributed by atoms with E-state index in [2.05, 4.69) is 10.2 Å². The van der Waals surface area contributed by atoms with Crippen molar-refractivity contribution in [3.63, 3.8) is 0 Å². The van der Waals surface area contributed by atoms with Gasteiger partial charge in [0.1, 0.15) is 16.3 Å². The van der Waals surface area contributed by atoms with Crippen molar-refractivity contribution in [3.8, 4) is 0 Å². The van der Waals surface area contributed by atoms with Crippen LogP contribution in [0.2, 0.25) is 10.0 Å². The molecule has 0 unspecified atom stereocenters. The Morgan fingerprint density at radius 2 is 1.52 bits per heavy atom. The Morgan fingerprint density at radius 3 is 2.12 bits per heavy atom. The van der Waals surface area contributed by atoms with E-state index in [0.717, 1.165) is 6.07 Å². The minimum Gasteiger partial charge on any atom is -0.396 e. The third-order valence-corrected chi connectivity index (χ3v) is 5.00. The summed E-state index contributed by atoms with van der Waals surface area (Å²) in [6.45, 7) is 0. The van der Waals surface area contributed by atoms with Crippen molar-refractivity contribution in [1.82, 2.24) is 0 Å². The molecule has 0 saturated heterocycles. The zero-order valence-corrected chi connectivity index (χ0v) is 14.8. The number of fused-ring (bicyclic) bond motifs is 1. The first-order valence-electron chi connectivity index (χ1n) is 6.93. The van der Waals surface area contributed by atoms with Crippen LogP contribution in [0, 0.1) is 0 Å². The number of nitrogens with two attached hydrogens (primary N) is 1. The molecule has 0 saturated carbocycles. The molecular weight excluding hydrogens is 385 g/mol. The normalized spacial score (nSPS) is 12.1. The minimum absolute atomic E-state index is 0.0716. The third-order valence-electron chi connectivity index (χ3n) is 3.50. The van der Waals surface area contributed by atoms with Crippen LogP contribution in [0.15, 0.2) is 63.7 Å². The summed E-state index contributed by atoms with van der Waals surface area (Å²) >= 11 is 12.1. The lowest BCUT2D eigenvalue weighted by Crippen LogP contribution is -2.01. The van der Waals surface area contributed by atoms with E-state index in [0.29, 0.717) is 5.39 Å². The van der Waals surface area contributed by atoms with Crippen molar-refractivity contribution in [2.75, 3.05) is 5.73 Å². The largest absolute Gasteiger partial charge is 0.396 e. The van der Waals surface area contributed by atoms with Crippen molar-refractivity contribution in [2.24, 2.45) is 10.2 Å². The zero-order valence-electron chi connectivity index (χ0n) is 12.5. The molecule has 3 aromatic rings. The van der Waals surface area contributed by atoms with Gasteiger partial charge in [0.05, 0.1) is 15.7 Å². The molecule has 0 aliphatic heterocycles. The highest BCUT2D eigenvalue weighted by molar-refractivity contribution is 7.86. The molecule has 9 heteroatoms. The van der Waals surface area contributed by atoms with Crippen LogP contribution in [0.4, 0.5) is 17.1 Å². The molecule has 0 bridgehead atoms. The fourth-order valence-electron chi connectivity index (χ4n) is 2.34. The number of benzene rings is 3. The molecule has 0 radical (unpaired) electrons. The second-order valence-corrected chi connectivity index (χ2v) is 7.30. The highest BCUT2D eigenvalue weighted by atomic mass is 35.5. The van der Waals surface area contributed by atoms with Crippen molar-refractivity contribution < 1.29 is 13.0 Å². The zero-order chi connectivity index (χ0) is 18.2. The van der Waals surface area contributed by atoms with Crippen LogP contribution in [0.5, 0.6) is 0 Å². The van der Waals surface area contributed by atoms with Crippen LogP contribution < -0.4 is 5.73 Å². The quantitative estimate of drug-likeness (QED) is 0.352. The maximum Gasteiger partial charge on any atom is 0.295 e. The second kappa shape index (κ2) is 6.61. The lowest BCUT2D eigenvalue weighted by molar-refractivity contribution is 0.484. The van der Waals surface area contributed by atoms with E-state index >= 15 is 0 Å². The van der Waals surface area contributed by atoms with E-state index in [4.69, 9.17) is 28.9 Å². The number of nitrogens with zero attached hydrogens (tertiary/aromatic N) is 2. The van der Waals surface area contributed by atoms with Crippen LogP contribution in [0.1, 0.15) is 0 Å². The number of hydrogen-bond acceptors (Lipinski definition) is 5. The van der Waals surface area contributed by atoms with Gasteiger partial charge in [-0.05, 0) is 18.2 Å². The van der Waals surface area contributed by atoms with Crippen LogP contribution in [-0.2, 0) is 10.1 Å². The summed E-state index contributed by atoms with van der Waals surface area (Å²) in [7, 11) is -4.48. The average molecular weight is 396 g/mol. The number of halogens is 2. The standard InChI is InChI=1S/C16H11Cl2N3O3S/c17-11-6-3-7-12(18)16(11)21-20-13-8-14(25(22,23)24)9-4-1-2-5-10(9)15(13)19/h1-8H,19H2,(H,22,23,24). The van der Waals surface area contributed by atoms with E-state index in [1.54, 1.807) is 42.5 Å². The Labute approximate surface area is 153 Å². The van der Waals surface area contributed by atoms with Gasteiger partial charge in [0.15, 0.2) is 0 Å². The van der Waals surface area contributed by atoms with Gasteiger partial charge in [0, 0.05) is 10.8 Å². The van der Waals surface area contributed by atoms with Crippen LogP contribution in [0.3, 0.4) is 0 Å². The molecule has 0 aliphatic carbocycles. The smallest absolute Gasteiger partial charge is 0.295 e. The minimum atomic E-state index is -4.48. The number of nitrogen functional groups attached to an aromatic ring is 1. The molecule has 3 rings (SSSR count). The molecule has 3 aromatic carbocycles. The van der Waals surface area contributed by atoms with E-state index in [1.807, 2.05) is 0 Å². The molecule has 0 heterocycles. The number of hydrogen-bond donors (Lipinski definition) is 2. The summed E-state index contributed by atoms with van der Waals surface area (Å²) in [6.07, 6.45) is 0. The molecule has 3 N–H and O–H groups in total. The van der Waals surface area contributed by atoms with Crippen molar-refractivity contribution >= 4 is 61.2 Å². The van der Waals surface area contributed by atoms with E-state index in [-0.39, 0.29) is 37.4 Å². The van der Waals surface area contributed by atoms with Gasteiger partial charge in [0.25, 0.3) is 10.1 Å². The Morgan fingerprint density at radius 1 is 0.920 bits per heavy atom. The molecule has 0 fully saturated rings. The van der Waals surface area contributed by atoms with Gasteiger partial charge in [-0.3, -0.25) is 4.55 Å². The van der Waals surface area contributed by atoms with E-state index in [9.17, 15) is 13.0 Å². The van der Waals surface area contributed by atoms with Crippen molar-refractivity contribution in [2.45, 2.75) is 4.90 Å². The number of azo groups is 1. The average Bonchev–Trinajstić information content (AvgIpc) is 2.55. The van der Waals surface area contributed by atoms with Crippen LogP contribution in [0.25, 0.3) is 10.8 Å². The Balaban J connectivity index is 2.24. The first kappa shape index (κ1) is 17.6. The predicted octanol–water partition coefficient (Wildman–Crippen LogP) is 5.39. The molecule has 0 atom stereocenters.